The predicted molar refractivity (Wildman–Crippen MR) is 47.9 cm³/mol. The van der Waals surface area contributed by atoms with E-state index < -0.39 is 5.92 Å². The van der Waals surface area contributed by atoms with Gasteiger partial charge in [-0.3, -0.25) is 0 Å². The summed E-state index contributed by atoms with van der Waals surface area (Å²) in [5, 5.41) is 3.29. The maximum atomic E-state index is 12.5. The standard InChI is InChI=1S/C10H17F2N/c11-10(12)6-9(7-10)5-8-1-3-13-4-2-8/h8-9,13H,1-7H2. The van der Waals surface area contributed by atoms with Crippen LogP contribution in [0, 0.1) is 11.8 Å². The average molecular weight is 189 g/mol. The molecule has 0 aromatic heterocycles. The van der Waals surface area contributed by atoms with E-state index in [1.54, 1.807) is 0 Å². The van der Waals surface area contributed by atoms with Crippen LogP contribution < -0.4 is 5.32 Å². The molecule has 2 fully saturated rings. The van der Waals surface area contributed by atoms with Crippen LogP contribution in [0.5, 0.6) is 0 Å². The van der Waals surface area contributed by atoms with Gasteiger partial charge in [-0.1, -0.05) is 0 Å². The first-order valence-electron chi connectivity index (χ1n) is 5.24. The summed E-state index contributed by atoms with van der Waals surface area (Å²) < 4.78 is 25.1. The van der Waals surface area contributed by atoms with Gasteiger partial charge in [-0.15, -0.1) is 0 Å². The van der Waals surface area contributed by atoms with Crippen molar-refractivity contribution >= 4 is 0 Å². The van der Waals surface area contributed by atoms with Crippen molar-refractivity contribution in [1.82, 2.24) is 5.32 Å². The van der Waals surface area contributed by atoms with E-state index in [0.29, 0.717) is 11.8 Å². The lowest BCUT2D eigenvalue weighted by molar-refractivity contribution is -0.116. The highest BCUT2D eigenvalue weighted by atomic mass is 19.3. The van der Waals surface area contributed by atoms with E-state index in [2.05, 4.69) is 5.32 Å². The van der Waals surface area contributed by atoms with Crippen molar-refractivity contribution in [2.24, 2.45) is 11.8 Å². The van der Waals surface area contributed by atoms with Crippen molar-refractivity contribution in [2.75, 3.05) is 13.1 Å². The van der Waals surface area contributed by atoms with Crippen LogP contribution in [0.1, 0.15) is 32.1 Å². The third-order valence-electron chi connectivity index (χ3n) is 3.30. The molecule has 0 aromatic carbocycles. The quantitative estimate of drug-likeness (QED) is 0.703. The van der Waals surface area contributed by atoms with Gasteiger partial charge in [-0.05, 0) is 44.2 Å². The fraction of sp³-hybridized carbons (Fsp3) is 1.00. The number of hydrogen-bond donors (Lipinski definition) is 1. The molecule has 1 N–H and O–H groups in total. The molecule has 0 bridgehead atoms. The Morgan fingerprint density at radius 2 is 1.69 bits per heavy atom. The highest BCUT2D eigenvalue weighted by Crippen LogP contribution is 2.45. The maximum absolute atomic E-state index is 12.5. The fourth-order valence-electron chi connectivity index (χ4n) is 2.54. The van der Waals surface area contributed by atoms with Crippen molar-refractivity contribution in [3.8, 4) is 0 Å². The summed E-state index contributed by atoms with van der Waals surface area (Å²) in [5.41, 5.74) is 0. The summed E-state index contributed by atoms with van der Waals surface area (Å²) in [6.07, 6.45) is 3.70. The van der Waals surface area contributed by atoms with Crippen molar-refractivity contribution in [3.05, 3.63) is 0 Å². The van der Waals surface area contributed by atoms with Gasteiger partial charge < -0.3 is 5.32 Å². The van der Waals surface area contributed by atoms with Gasteiger partial charge in [-0.2, -0.15) is 0 Å². The first-order chi connectivity index (χ1) is 6.16. The van der Waals surface area contributed by atoms with Crippen LogP contribution >= 0.6 is 0 Å². The Labute approximate surface area is 77.9 Å². The Morgan fingerprint density at radius 3 is 2.23 bits per heavy atom. The van der Waals surface area contributed by atoms with E-state index in [1.807, 2.05) is 0 Å². The Hall–Kier alpha value is -0.180. The third kappa shape index (κ3) is 2.39. The van der Waals surface area contributed by atoms with Gasteiger partial charge in [0.2, 0.25) is 5.92 Å². The lowest BCUT2D eigenvalue weighted by Gasteiger charge is -2.37. The lowest BCUT2D eigenvalue weighted by atomic mass is 9.74. The highest BCUT2D eigenvalue weighted by Gasteiger charge is 2.45. The van der Waals surface area contributed by atoms with E-state index >= 15 is 0 Å². The van der Waals surface area contributed by atoms with Gasteiger partial charge in [0.1, 0.15) is 0 Å². The summed E-state index contributed by atoms with van der Waals surface area (Å²) in [6, 6.07) is 0. The van der Waals surface area contributed by atoms with Gasteiger partial charge in [0.25, 0.3) is 0 Å². The average Bonchev–Trinajstić information content (AvgIpc) is 2.03. The zero-order valence-corrected chi connectivity index (χ0v) is 7.86. The molecular weight excluding hydrogens is 172 g/mol. The van der Waals surface area contributed by atoms with E-state index in [9.17, 15) is 8.78 Å². The maximum Gasteiger partial charge on any atom is 0.248 e. The molecule has 76 valence electrons. The van der Waals surface area contributed by atoms with Crippen LogP contribution in [0.25, 0.3) is 0 Å². The summed E-state index contributed by atoms with van der Waals surface area (Å²) in [7, 11) is 0. The van der Waals surface area contributed by atoms with Crippen molar-refractivity contribution in [2.45, 2.75) is 38.0 Å². The molecular formula is C10H17F2N. The number of alkyl halides is 2. The smallest absolute Gasteiger partial charge is 0.248 e. The second-order valence-corrected chi connectivity index (χ2v) is 4.56. The molecule has 0 unspecified atom stereocenters. The Bertz CT molecular complexity index is 168. The molecule has 13 heavy (non-hydrogen) atoms. The Kier molecular flexibility index (Phi) is 2.54. The predicted octanol–water partition coefficient (Wildman–Crippen LogP) is 2.42. The van der Waals surface area contributed by atoms with Gasteiger partial charge >= 0.3 is 0 Å². The molecule has 1 heterocycles. The topological polar surface area (TPSA) is 12.0 Å². The minimum absolute atomic E-state index is 0.150. The number of piperidine rings is 1. The molecule has 0 aromatic rings. The minimum atomic E-state index is -2.32. The minimum Gasteiger partial charge on any atom is -0.317 e. The van der Waals surface area contributed by atoms with Crippen LogP contribution in [-0.4, -0.2) is 19.0 Å². The van der Waals surface area contributed by atoms with Gasteiger partial charge in [0.15, 0.2) is 0 Å². The summed E-state index contributed by atoms with van der Waals surface area (Å²) >= 11 is 0. The van der Waals surface area contributed by atoms with Crippen LogP contribution in [0.3, 0.4) is 0 Å². The van der Waals surface area contributed by atoms with E-state index in [-0.39, 0.29) is 12.8 Å². The zero-order valence-electron chi connectivity index (χ0n) is 7.86. The van der Waals surface area contributed by atoms with E-state index in [1.165, 1.54) is 12.8 Å². The van der Waals surface area contributed by atoms with Gasteiger partial charge in [0, 0.05) is 12.8 Å². The largest absolute Gasteiger partial charge is 0.317 e. The summed E-state index contributed by atoms with van der Waals surface area (Å²) in [6.45, 7) is 2.15. The van der Waals surface area contributed by atoms with Crippen LogP contribution in [0.4, 0.5) is 8.78 Å². The molecule has 1 saturated carbocycles. The monoisotopic (exact) mass is 189 g/mol. The molecule has 0 amide bonds. The first kappa shape index (κ1) is 9.38. The Balaban J connectivity index is 1.68. The number of hydrogen-bond acceptors (Lipinski definition) is 1. The molecule has 0 spiro atoms. The van der Waals surface area contributed by atoms with Crippen molar-refractivity contribution in [1.29, 1.82) is 0 Å². The summed E-state index contributed by atoms with van der Waals surface area (Å²) in [4.78, 5) is 0. The Morgan fingerprint density at radius 1 is 1.08 bits per heavy atom. The SMILES string of the molecule is FC1(F)CC(CC2CCNCC2)C1. The first-order valence-corrected chi connectivity index (χ1v) is 5.24. The van der Waals surface area contributed by atoms with E-state index in [4.69, 9.17) is 0 Å². The second kappa shape index (κ2) is 3.52. The van der Waals surface area contributed by atoms with Gasteiger partial charge in [-0.25, -0.2) is 8.78 Å². The van der Waals surface area contributed by atoms with Crippen LogP contribution in [0.2, 0.25) is 0 Å². The van der Waals surface area contributed by atoms with Crippen molar-refractivity contribution < 1.29 is 8.78 Å². The number of rotatable bonds is 2. The molecule has 1 aliphatic carbocycles. The number of nitrogens with one attached hydrogen (secondary N) is 1. The van der Waals surface area contributed by atoms with Crippen LogP contribution in [0.15, 0.2) is 0 Å². The normalized spacial score (nSPS) is 30.0. The fourth-order valence-corrected chi connectivity index (χ4v) is 2.54. The molecule has 1 aliphatic heterocycles. The van der Waals surface area contributed by atoms with E-state index in [0.717, 1.165) is 19.5 Å². The molecule has 2 rings (SSSR count). The van der Waals surface area contributed by atoms with Crippen LogP contribution in [-0.2, 0) is 0 Å². The van der Waals surface area contributed by atoms with Gasteiger partial charge in [0.05, 0.1) is 0 Å². The summed E-state index contributed by atoms with van der Waals surface area (Å²) in [5.74, 6) is -1.29. The molecule has 3 heteroatoms. The second-order valence-electron chi connectivity index (χ2n) is 4.56. The molecule has 2 aliphatic rings. The number of halogens is 2. The third-order valence-corrected chi connectivity index (χ3v) is 3.30. The van der Waals surface area contributed by atoms with Crippen molar-refractivity contribution in [3.63, 3.8) is 0 Å². The highest BCUT2D eigenvalue weighted by molar-refractivity contribution is 4.87. The lowest BCUT2D eigenvalue weighted by Crippen LogP contribution is -2.38. The molecule has 0 radical (unpaired) electrons. The molecule has 1 saturated heterocycles. The molecule has 1 nitrogen and oxygen atoms in total. The zero-order chi connectivity index (χ0) is 9.31. The molecule has 0 atom stereocenters.